The molecule has 1 unspecified atom stereocenters. The number of hydrogen-bond donors (Lipinski definition) is 0. The number of allylic oxidation sites excluding steroid dienone is 2. The SMILES string of the molecule is CC1CC=C(C(=O)c2ccc3c(c2)OCCCO3)CC1. The summed E-state index contributed by atoms with van der Waals surface area (Å²) in [5.41, 5.74) is 1.65. The molecule has 1 atom stereocenters. The summed E-state index contributed by atoms with van der Waals surface area (Å²) in [7, 11) is 0. The molecular weight excluding hydrogens is 252 g/mol. The van der Waals surface area contributed by atoms with Crippen molar-refractivity contribution in [3.8, 4) is 11.5 Å². The van der Waals surface area contributed by atoms with Gasteiger partial charge in [-0.3, -0.25) is 4.79 Å². The molecule has 0 saturated heterocycles. The van der Waals surface area contributed by atoms with Gasteiger partial charge in [0.1, 0.15) is 0 Å². The van der Waals surface area contributed by atoms with E-state index in [1.165, 1.54) is 0 Å². The van der Waals surface area contributed by atoms with Gasteiger partial charge in [-0.1, -0.05) is 13.0 Å². The topological polar surface area (TPSA) is 35.5 Å². The zero-order chi connectivity index (χ0) is 13.9. The van der Waals surface area contributed by atoms with Crippen molar-refractivity contribution in [2.24, 2.45) is 5.92 Å². The lowest BCUT2D eigenvalue weighted by Crippen LogP contribution is -2.10. The minimum Gasteiger partial charge on any atom is -0.490 e. The summed E-state index contributed by atoms with van der Waals surface area (Å²) in [5.74, 6) is 2.26. The van der Waals surface area contributed by atoms with Gasteiger partial charge in [-0.25, -0.2) is 0 Å². The quantitative estimate of drug-likeness (QED) is 0.769. The predicted molar refractivity (Wildman–Crippen MR) is 77.5 cm³/mol. The van der Waals surface area contributed by atoms with Gasteiger partial charge in [0.25, 0.3) is 0 Å². The standard InChI is InChI=1S/C17H20O3/c1-12-3-5-13(6-4-12)17(18)14-7-8-15-16(11-14)20-10-2-9-19-15/h5,7-8,11-12H,2-4,6,9-10H2,1H3. The molecule has 20 heavy (non-hydrogen) atoms. The highest BCUT2D eigenvalue weighted by Gasteiger charge is 2.19. The fourth-order valence-electron chi connectivity index (χ4n) is 2.66. The number of carbonyl (C=O) groups is 1. The van der Waals surface area contributed by atoms with Gasteiger partial charge in [0, 0.05) is 12.0 Å². The van der Waals surface area contributed by atoms with Crippen molar-refractivity contribution in [1.82, 2.24) is 0 Å². The van der Waals surface area contributed by atoms with Crippen LogP contribution in [0, 0.1) is 5.92 Å². The Bertz CT molecular complexity index is 545. The van der Waals surface area contributed by atoms with E-state index in [1.54, 1.807) is 0 Å². The number of ketones is 1. The Kier molecular flexibility index (Phi) is 3.77. The van der Waals surface area contributed by atoms with Gasteiger partial charge in [0.2, 0.25) is 0 Å². The predicted octanol–water partition coefficient (Wildman–Crippen LogP) is 3.78. The molecule has 1 aliphatic carbocycles. The number of carbonyl (C=O) groups excluding carboxylic acids is 1. The van der Waals surface area contributed by atoms with Crippen molar-refractivity contribution in [1.29, 1.82) is 0 Å². The third-order valence-electron chi connectivity index (χ3n) is 3.97. The minimum absolute atomic E-state index is 0.132. The summed E-state index contributed by atoms with van der Waals surface area (Å²) in [6, 6.07) is 5.51. The zero-order valence-corrected chi connectivity index (χ0v) is 11.9. The lowest BCUT2D eigenvalue weighted by atomic mass is 9.87. The maximum Gasteiger partial charge on any atom is 0.188 e. The van der Waals surface area contributed by atoms with Crippen molar-refractivity contribution in [3.63, 3.8) is 0 Å². The van der Waals surface area contributed by atoms with Gasteiger partial charge in [-0.15, -0.1) is 0 Å². The van der Waals surface area contributed by atoms with E-state index < -0.39 is 0 Å². The van der Waals surface area contributed by atoms with E-state index in [4.69, 9.17) is 9.47 Å². The highest BCUT2D eigenvalue weighted by molar-refractivity contribution is 6.09. The Morgan fingerprint density at radius 3 is 2.75 bits per heavy atom. The molecule has 2 aliphatic rings. The van der Waals surface area contributed by atoms with Crippen LogP contribution in [-0.2, 0) is 0 Å². The van der Waals surface area contributed by atoms with Crippen LogP contribution in [0.5, 0.6) is 11.5 Å². The van der Waals surface area contributed by atoms with E-state index >= 15 is 0 Å². The van der Waals surface area contributed by atoms with Crippen molar-refractivity contribution >= 4 is 5.78 Å². The van der Waals surface area contributed by atoms with E-state index in [0.717, 1.165) is 37.0 Å². The molecular formula is C17H20O3. The maximum absolute atomic E-state index is 12.5. The molecule has 0 aromatic heterocycles. The summed E-state index contributed by atoms with van der Waals surface area (Å²) < 4.78 is 11.2. The number of hydrogen-bond acceptors (Lipinski definition) is 3. The van der Waals surface area contributed by atoms with Crippen molar-refractivity contribution in [3.05, 3.63) is 35.4 Å². The van der Waals surface area contributed by atoms with Gasteiger partial charge < -0.3 is 9.47 Å². The van der Waals surface area contributed by atoms with Gasteiger partial charge in [-0.05, 0) is 49.0 Å². The van der Waals surface area contributed by atoms with Crippen LogP contribution in [0.15, 0.2) is 29.8 Å². The molecule has 0 fully saturated rings. The minimum atomic E-state index is 0.132. The number of fused-ring (bicyclic) bond motifs is 1. The molecule has 3 heteroatoms. The molecule has 0 N–H and O–H groups in total. The maximum atomic E-state index is 12.5. The lowest BCUT2D eigenvalue weighted by molar-refractivity contribution is 0.102. The highest BCUT2D eigenvalue weighted by atomic mass is 16.5. The summed E-state index contributed by atoms with van der Waals surface area (Å²) in [4.78, 5) is 12.5. The number of benzene rings is 1. The van der Waals surface area contributed by atoms with Gasteiger partial charge in [0.05, 0.1) is 13.2 Å². The fourth-order valence-corrected chi connectivity index (χ4v) is 2.66. The molecule has 3 nitrogen and oxygen atoms in total. The van der Waals surface area contributed by atoms with Gasteiger partial charge in [0.15, 0.2) is 17.3 Å². The van der Waals surface area contributed by atoms with Crippen LogP contribution >= 0.6 is 0 Å². The number of ether oxygens (including phenoxy) is 2. The van der Waals surface area contributed by atoms with Gasteiger partial charge in [-0.2, -0.15) is 0 Å². The van der Waals surface area contributed by atoms with E-state index in [9.17, 15) is 4.79 Å². The summed E-state index contributed by atoms with van der Waals surface area (Å²) in [5, 5.41) is 0. The van der Waals surface area contributed by atoms with E-state index in [2.05, 4.69) is 13.0 Å². The molecule has 0 bridgehead atoms. The van der Waals surface area contributed by atoms with Crippen LogP contribution in [-0.4, -0.2) is 19.0 Å². The Balaban J connectivity index is 1.83. The molecule has 0 radical (unpaired) electrons. The molecule has 106 valence electrons. The first-order chi connectivity index (χ1) is 9.74. The summed E-state index contributed by atoms with van der Waals surface area (Å²) in [6.45, 7) is 3.54. The second-order valence-corrected chi connectivity index (χ2v) is 5.65. The molecule has 0 saturated carbocycles. The number of rotatable bonds is 2. The average molecular weight is 272 g/mol. The third-order valence-corrected chi connectivity index (χ3v) is 3.97. The molecule has 0 spiro atoms. The lowest BCUT2D eigenvalue weighted by Gasteiger charge is -2.17. The second kappa shape index (κ2) is 5.70. The van der Waals surface area contributed by atoms with Crippen LogP contribution in [0.3, 0.4) is 0 Å². The molecule has 3 rings (SSSR count). The highest BCUT2D eigenvalue weighted by Crippen LogP contribution is 2.32. The molecule has 0 amide bonds. The first-order valence-electron chi connectivity index (χ1n) is 7.37. The Morgan fingerprint density at radius 1 is 1.20 bits per heavy atom. The van der Waals surface area contributed by atoms with E-state index in [0.29, 0.717) is 30.4 Å². The molecule has 1 heterocycles. The largest absolute Gasteiger partial charge is 0.490 e. The van der Waals surface area contributed by atoms with Crippen LogP contribution in [0.4, 0.5) is 0 Å². The fraction of sp³-hybridized carbons (Fsp3) is 0.471. The monoisotopic (exact) mass is 272 g/mol. The van der Waals surface area contributed by atoms with Crippen LogP contribution < -0.4 is 9.47 Å². The van der Waals surface area contributed by atoms with Crippen LogP contribution in [0.25, 0.3) is 0 Å². The Hall–Kier alpha value is -1.77. The first-order valence-corrected chi connectivity index (χ1v) is 7.37. The number of Topliss-reactive ketones (excluding diaryl/α,β-unsaturated/α-hetero) is 1. The summed E-state index contributed by atoms with van der Waals surface area (Å²) >= 11 is 0. The smallest absolute Gasteiger partial charge is 0.188 e. The van der Waals surface area contributed by atoms with Crippen molar-refractivity contribution in [2.75, 3.05) is 13.2 Å². The van der Waals surface area contributed by atoms with E-state index in [1.807, 2.05) is 18.2 Å². The second-order valence-electron chi connectivity index (χ2n) is 5.65. The summed E-state index contributed by atoms with van der Waals surface area (Å²) in [6.07, 6.45) is 5.96. The van der Waals surface area contributed by atoms with Gasteiger partial charge >= 0.3 is 0 Å². The average Bonchev–Trinajstić information content (AvgIpc) is 2.71. The van der Waals surface area contributed by atoms with Crippen molar-refractivity contribution in [2.45, 2.75) is 32.6 Å². The van der Waals surface area contributed by atoms with Crippen LogP contribution in [0.2, 0.25) is 0 Å². The normalized spacial score (nSPS) is 21.9. The Morgan fingerprint density at radius 2 is 2.00 bits per heavy atom. The van der Waals surface area contributed by atoms with Crippen LogP contribution in [0.1, 0.15) is 43.0 Å². The van der Waals surface area contributed by atoms with Crippen molar-refractivity contribution < 1.29 is 14.3 Å². The zero-order valence-electron chi connectivity index (χ0n) is 11.9. The molecule has 1 aromatic carbocycles. The third kappa shape index (κ3) is 2.72. The first kappa shape index (κ1) is 13.2. The molecule has 1 aromatic rings. The van der Waals surface area contributed by atoms with E-state index in [-0.39, 0.29) is 5.78 Å². The Labute approximate surface area is 119 Å². The molecule has 1 aliphatic heterocycles.